The van der Waals surface area contributed by atoms with Crippen molar-refractivity contribution in [1.29, 1.82) is 0 Å². The molecule has 1 aromatic rings. The van der Waals surface area contributed by atoms with Crippen molar-refractivity contribution in [3.8, 4) is 0 Å². The summed E-state index contributed by atoms with van der Waals surface area (Å²) in [5.41, 5.74) is 1.29. The second-order valence-electron chi connectivity index (χ2n) is 6.60. The molecule has 1 aliphatic heterocycles. The molecule has 0 aromatic carbocycles. The van der Waals surface area contributed by atoms with Gasteiger partial charge in [0.05, 0.1) is 18.5 Å². The number of carbonyl (C=O) groups excluding carboxylic acids is 2. The normalized spacial score (nSPS) is 15.0. The number of anilines is 1. The van der Waals surface area contributed by atoms with E-state index in [2.05, 4.69) is 20.5 Å². The van der Waals surface area contributed by atoms with Crippen LogP contribution < -0.4 is 10.6 Å². The van der Waals surface area contributed by atoms with Crippen LogP contribution in [0.2, 0.25) is 0 Å². The molecule has 0 bridgehead atoms. The van der Waals surface area contributed by atoms with Gasteiger partial charge in [0.25, 0.3) is 5.91 Å². The molecule has 26 heavy (non-hydrogen) atoms. The second-order valence-corrected chi connectivity index (χ2v) is 6.60. The molecule has 0 atom stereocenters. The van der Waals surface area contributed by atoms with Crippen LogP contribution in [0.4, 0.5) is 10.5 Å². The van der Waals surface area contributed by atoms with E-state index in [0.717, 1.165) is 18.8 Å². The fourth-order valence-corrected chi connectivity index (χ4v) is 2.74. The predicted octanol–water partition coefficient (Wildman–Crippen LogP) is 1.41. The smallest absolute Gasteiger partial charge is 0.409 e. The number of amides is 2. The number of nitrogens with zero attached hydrogens (tertiary/aromatic N) is 3. The Labute approximate surface area is 154 Å². The Morgan fingerprint density at radius 3 is 2.62 bits per heavy atom. The van der Waals surface area contributed by atoms with Gasteiger partial charge in [0, 0.05) is 32.2 Å². The third kappa shape index (κ3) is 6.18. The van der Waals surface area contributed by atoms with E-state index in [-0.39, 0.29) is 18.0 Å². The first-order chi connectivity index (χ1) is 12.5. The number of rotatable bonds is 7. The molecule has 2 heterocycles. The molecule has 8 nitrogen and oxygen atoms in total. The van der Waals surface area contributed by atoms with Gasteiger partial charge in [0.1, 0.15) is 5.69 Å². The molecule has 0 spiro atoms. The molecule has 1 saturated heterocycles. The molecule has 1 aromatic heterocycles. The van der Waals surface area contributed by atoms with Gasteiger partial charge in [-0.3, -0.25) is 4.79 Å². The van der Waals surface area contributed by atoms with Gasteiger partial charge >= 0.3 is 6.09 Å². The minimum Gasteiger partial charge on any atom is -0.450 e. The highest BCUT2D eigenvalue weighted by atomic mass is 16.6. The van der Waals surface area contributed by atoms with Crippen molar-refractivity contribution in [1.82, 2.24) is 20.1 Å². The summed E-state index contributed by atoms with van der Waals surface area (Å²) in [6.07, 6.45) is 2.83. The van der Waals surface area contributed by atoms with Crippen LogP contribution in [0.25, 0.3) is 0 Å². The molecule has 0 unspecified atom stereocenters. The third-order valence-electron chi connectivity index (χ3n) is 4.24. The SMILES string of the molecule is CCOC(=O)N1CCC(NC(=O)c2ccc(NCCN(C)C)cn2)CC1. The topological polar surface area (TPSA) is 86.8 Å². The molecule has 2 N–H and O–H groups in total. The van der Waals surface area contributed by atoms with E-state index >= 15 is 0 Å². The van der Waals surface area contributed by atoms with E-state index in [4.69, 9.17) is 4.74 Å². The maximum Gasteiger partial charge on any atom is 0.409 e. The zero-order valence-corrected chi connectivity index (χ0v) is 15.8. The summed E-state index contributed by atoms with van der Waals surface area (Å²) in [5.74, 6) is -0.181. The van der Waals surface area contributed by atoms with Crippen LogP contribution in [0.3, 0.4) is 0 Å². The standard InChI is InChI=1S/C18H29N5O3/c1-4-26-18(25)23-10-7-14(8-11-23)21-17(24)16-6-5-15(13-20-16)19-9-12-22(2)3/h5-6,13-14,19H,4,7-12H2,1-3H3,(H,21,24). The number of hydrogen-bond donors (Lipinski definition) is 2. The molecular formula is C18H29N5O3. The summed E-state index contributed by atoms with van der Waals surface area (Å²) < 4.78 is 5.00. The number of ether oxygens (including phenoxy) is 1. The van der Waals surface area contributed by atoms with E-state index in [1.165, 1.54) is 0 Å². The van der Waals surface area contributed by atoms with E-state index in [9.17, 15) is 9.59 Å². The van der Waals surface area contributed by atoms with Crippen molar-refractivity contribution < 1.29 is 14.3 Å². The highest BCUT2D eigenvalue weighted by Crippen LogP contribution is 2.13. The summed E-state index contributed by atoms with van der Waals surface area (Å²) >= 11 is 0. The Balaban J connectivity index is 1.77. The molecule has 2 rings (SSSR count). The molecule has 0 saturated carbocycles. The van der Waals surface area contributed by atoms with Gasteiger partial charge in [0.15, 0.2) is 0 Å². The molecular weight excluding hydrogens is 334 g/mol. The number of nitrogens with one attached hydrogen (secondary N) is 2. The molecule has 0 radical (unpaired) electrons. The van der Waals surface area contributed by atoms with Crippen LogP contribution in [0.15, 0.2) is 18.3 Å². The van der Waals surface area contributed by atoms with Gasteiger partial charge in [-0.05, 0) is 46.0 Å². The first kappa shape index (κ1) is 20.0. The largest absolute Gasteiger partial charge is 0.450 e. The molecule has 144 valence electrons. The lowest BCUT2D eigenvalue weighted by Crippen LogP contribution is -2.46. The molecule has 2 amide bonds. The predicted molar refractivity (Wildman–Crippen MR) is 100 cm³/mol. The highest BCUT2D eigenvalue weighted by molar-refractivity contribution is 5.92. The van der Waals surface area contributed by atoms with E-state index < -0.39 is 0 Å². The average Bonchev–Trinajstić information content (AvgIpc) is 2.63. The minimum absolute atomic E-state index is 0.0490. The Morgan fingerprint density at radius 2 is 2.04 bits per heavy atom. The van der Waals surface area contributed by atoms with E-state index in [0.29, 0.717) is 38.2 Å². The Kier molecular flexibility index (Phi) is 7.65. The summed E-state index contributed by atoms with van der Waals surface area (Å²) in [6.45, 7) is 5.09. The van der Waals surface area contributed by atoms with Gasteiger partial charge in [-0.2, -0.15) is 0 Å². The minimum atomic E-state index is -0.281. The zero-order valence-electron chi connectivity index (χ0n) is 15.8. The number of pyridine rings is 1. The number of likely N-dealkylation sites (N-methyl/N-ethyl adjacent to an activating group) is 1. The number of piperidine rings is 1. The average molecular weight is 363 g/mol. The number of aromatic nitrogens is 1. The van der Waals surface area contributed by atoms with Gasteiger partial charge in [-0.15, -0.1) is 0 Å². The van der Waals surface area contributed by atoms with Crippen LogP contribution in [-0.2, 0) is 4.74 Å². The quantitative estimate of drug-likeness (QED) is 0.762. The lowest BCUT2D eigenvalue weighted by Gasteiger charge is -2.31. The van der Waals surface area contributed by atoms with Crippen molar-refractivity contribution in [2.24, 2.45) is 0 Å². The molecule has 1 fully saturated rings. The fourth-order valence-electron chi connectivity index (χ4n) is 2.74. The first-order valence-electron chi connectivity index (χ1n) is 9.06. The lowest BCUT2D eigenvalue weighted by molar-refractivity contribution is 0.0856. The van der Waals surface area contributed by atoms with Gasteiger partial charge in [-0.1, -0.05) is 0 Å². The first-order valence-corrected chi connectivity index (χ1v) is 9.06. The van der Waals surface area contributed by atoms with E-state index in [1.807, 2.05) is 20.2 Å². The highest BCUT2D eigenvalue weighted by Gasteiger charge is 2.25. The van der Waals surface area contributed by atoms with E-state index in [1.54, 1.807) is 24.1 Å². The van der Waals surface area contributed by atoms with Crippen molar-refractivity contribution in [3.63, 3.8) is 0 Å². The maximum absolute atomic E-state index is 12.3. The van der Waals surface area contributed by atoms with Crippen LogP contribution in [0, 0.1) is 0 Å². The second kappa shape index (κ2) is 9.96. The monoisotopic (exact) mass is 363 g/mol. The Bertz CT molecular complexity index is 583. The van der Waals surface area contributed by atoms with Crippen molar-refractivity contribution >= 4 is 17.7 Å². The molecule has 8 heteroatoms. The number of likely N-dealkylation sites (tertiary alicyclic amines) is 1. The lowest BCUT2D eigenvalue weighted by atomic mass is 10.1. The van der Waals surface area contributed by atoms with Crippen LogP contribution in [0.1, 0.15) is 30.3 Å². The van der Waals surface area contributed by atoms with Crippen molar-refractivity contribution in [2.45, 2.75) is 25.8 Å². The van der Waals surface area contributed by atoms with Crippen LogP contribution >= 0.6 is 0 Å². The Hall–Kier alpha value is -2.35. The van der Waals surface area contributed by atoms with Crippen LogP contribution in [0.5, 0.6) is 0 Å². The van der Waals surface area contributed by atoms with Gasteiger partial charge in [-0.25, -0.2) is 9.78 Å². The summed E-state index contributed by atoms with van der Waals surface area (Å²) in [6, 6.07) is 3.63. The number of carbonyl (C=O) groups is 2. The van der Waals surface area contributed by atoms with Crippen LogP contribution in [-0.4, -0.2) is 79.7 Å². The maximum atomic E-state index is 12.3. The zero-order chi connectivity index (χ0) is 18.9. The summed E-state index contributed by atoms with van der Waals surface area (Å²) in [7, 11) is 4.04. The molecule has 0 aliphatic carbocycles. The summed E-state index contributed by atoms with van der Waals surface area (Å²) in [4.78, 5) is 32.0. The fraction of sp³-hybridized carbons (Fsp3) is 0.611. The van der Waals surface area contributed by atoms with Crippen molar-refractivity contribution in [3.05, 3.63) is 24.0 Å². The Morgan fingerprint density at radius 1 is 1.31 bits per heavy atom. The van der Waals surface area contributed by atoms with Gasteiger partial charge in [0.2, 0.25) is 0 Å². The number of hydrogen-bond acceptors (Lipinski definition) is 6. The van der Waals surface area contributed by atoms with Gasteiger partial charge < -0.3 is 25.2 Å². The third-order valence-corrected chi connectivity index (χ3v) is 4.24. The summed E-state index contributed by atoms with van der Waals surface area (Å²) in [5, 5.41) is 6.26. The molecule has 1 aliphatic rings. The van der Waals surface area contributed by atoms with Crippen molar-refractivity contribution in [2.75, 3.05) is 52.2 Å².